The summed E-state index contributed by atoms with van der Waals surface area (Å²) in [4.78, 5) is 26.4. The Labute approximate surface area is 218 Å². The van der Waals surface area contributed by atoms with Gasteiger partial charge in [-0.1, -0.05) is 11.6 Å². The molecule has 0 radical (unpaired) electrons. The molecule has 4 rings (SSSR count). The predicted octanol–water partition coefficient (Wildman–Crippen LogP) is 2.83. The SMILES string of the molecule is Cc1cc(C)n(Cc2c(S(C)(=O)=O)ccc(C(=O)c3cnn(C)c3OC(=O)c3cn(C)nc3C)c2Cl)n1. The van der Waals surface area contributed by atoms with E-state index in [1.165, 1.54) is 40.9 Å². The molecule has 37 heavy (non-hydrogen) atoms. The summed E-state index contributed by atoms with van der Waals surface area (Å²) in [6.07, 6.45) is 3.86. The van der Waals surface area contributed by atoms with Crippen LogP contribution in [0.2, 0.25) is 5.02 Å². The maximum absolute atomic E-state index is 13.6. The van der Waals surface area contributed by atoms with Crippen molar-refractivity contribution in [2.75, 3.05) is 6.26 Å². The molecular weight excluding hydrogens is 520 g/mol. The molecule has 13 heteroatoms. The summed E-state index contributed by atoms with van der Waals surface area (Å²) in [5, 5.41) is 12.6. The molecule has 0 amide bonds. The van der Waals surface area contributed by atoms with Gasteiger partial charge in [-0.2, -0.15) is 15.3 Å². The lowest BCUT2D eigenvalue weighted by molar-refractivity contribution is 0.0717. The van der Waals surface area contributed by atoms with Crippen molar-refractivity contribution in [3.8, 4) is 5.88 Å². The zero-order valence-corrected chi connectivity index (χ0v) is 22.7. The Morgan fingerprint density at radius 2 is 1.76 bits per heavy atom. The van der Waals surface area contributed by atoms with Crippen LogP contribution in [0.1, 0.15) is 48.9 Å². The molecular formula is C24H25ClN6O5S. The Kier molecular flexibility index (Phi) is 6.82. The molecule has 3 aromatic heterocycles. The third-order valence-corrected chi connectivity index (χ3v) is 7.42. The first-order chi connectivity index (χ1) is 17.3. The van der Waals surface area contributed by atoms with Crippen molar-refractivity contribution in [2.45, 2.75) is 32.2 Å². The van der Waals surface area contributed by atoms with E-state index >= 15 is 0 Å². The molecule has 4 aromatic rings. The lowest BCUT2D eigenvalue weighted by Gasteiger charge is -2.15. The predicted molar refractivity (Wildman–Crippen MR) is 135 cm³/mol. The first kappa shape index (κ1) is 26.3. The van der Waals surface area contributed by atoms with E-state index in [-0.39, 0.29) is 44.6 Å². The zero-order chi connectivity index (χ0) is 27.2. The number of esters is 1. The molecule has 0 unspecified atom stereocenters. The Morgan fingerprint density at radius 3 is 2.32 bits per heavy atom. The van der Waals surface area contributed by atoms with Gasteiger partial charge in [0.15, 0.2) is 9.84 Å². The summed E-state index contributed by atoms with van der Waals surface area (Å²) >= 11 is 6.69. The van der Waals surface area contributed by atoms with E-state index in [1.54, 1.807) is 18.7 Å². The summed E-state index contributed by atoms with van der Waals surface area (Å²) in [5.74, 6) is -1.37. The monoisotopic (exact) mass is 544 g/mol. The largest absolute Gasteiger partial charge is 0.403 e. The Bertz CT molecular complexity index is 1660. The van der Waals surface area contributed by atoms with E-state index in [1.807, 2.05) is 19.9 Å². The minimum atomic E-state index is -3.67. The number of aromatic nitrogens is 6. The van der Waals surface area contributed by atoms with Gasteiger partial charge >= 0.3 is 5.97 Å². The highest BCUT2D eigenvalue weighted by molar-refractivity contribution is 7.90. The Hall–Kier alpha value is -3.77. The van der Waals surface area contributed by atoms with E-state index < -0.39 is 21.6 Å². The topological polar surface area (TPSA) is 131 Å². The van der Waals surface area contributed by atoms with Crippen LogP contribution < -0.4 is 4.74 Å². The molecule has 0 saturated heterocycles. The van der Waals surface area contributed by atoms with Crippen LogP contribution in [0.25, 0.3) is 0 Å². The number of nitrogens with zero attached hydrogens (tertiary/aromatic N) is 6. The van der Waals surface area contributed by atoms with Crippen molar-refractivity contribution in [3.63, 3.8) is 0 Å². The van der Waals surface area contributed by atoms with Gasteiger partial charge in [0.25, 0.3) is 0 Å². The maximum Gasteiger partial charge on any atom is 0.348 e. The number of rotatable bonds is 7. The highest BCUT2D eigenvalue weighted by atomic mass is 35.5. The second-order valence-corrected chi connectivity index (χ2v) is 11.1. The number of benzene rings is 1. The highest BCUT2D eigenvalue weighted by Gasteiger charge is 2.28. The smallest absolute Gasteiger partial charge is 0.348 e. The van der Waals surface area contributed by atoms with Gasteiger partial charge in [0.05, 0.1) is 34.0 Å². The third-order valence-electron chi connectivity index (χ3n) is 5.81. The van der Waals surface area contributed by atoms with Crippen LogP contribution in [0.3, 0.4) is 0 Å². The summed E-state index contributed by atoms with van der Waals surface area (Å²) in [5.41, 5.74) is 2.52. The molecule has 0 aliphatic heterocycles. The number of aryl methyl sites for hydroxylation is 5. The fourth-order valence-corrected chi connectivity index (χ4v) is 5.35. The standard InChI is InChI=1S/C24H25ClN6O5S/c1-13-9-14(2)31(27-13)12-19-20(37(6,34)35)8-7-16(21(19)25)22(32)17-10-26-30(5)23(17)36-24(33)18-11-29(4)28-15(18)3/h7-11H,12H2,1-6H3. The Balaban J connectivity index is 1.77. The first-order valence-electron chi connectivity index (χ1n) is 11.1. The summed E-state index contributed by atoms with van der Waals surface area (Å²) < 4.78 is 34.9. The van der Waals surface area contributed by atoms with Gasteiger partial charge in [-0.15, -0.1) is 0 Å². The number of ether oxygens (including phenoxy) is 1. The zero-order valence-electron chi connectivity index (χ0n) is 21.1. The van der Waals surface area contributed by atoms with Crippen LogP contribution in [-0.4, -0.2) is 55.8 Å². The molecule has 0 fully saturated rings. The number of ketones is 1. The van der Waals surface area contributed by atoms with Crippen molar-refractivity contribution in [2.24, 2.45) is 14.1 Å². The highest BCUT2D eigenvalue weighted by Crippen LogP contribution is 2.32. The molecule has 11 nitrogen and oxygen atoms in total. The summed E-state index contributed by atoms with van der Waals surface area (Å²) in [6.45, 7) is 5.36. The molecule has 0 spiro atoms. The van der Waals surface area contributed by atoms with Gasteiger partial charge in [-0.25, -0.2) is 17.9 Å². The molecule has 0 bridgehead atoms. The van der Waals surface area contributed by atoms with Gasteiger partial charge in [0.1, 0.15) is 11.1 Å². The van der Waals surface area contributed by atoms with Crippen LogP contribution in [0, 0.1) is 20.8 Å². The number of carbonyl (C=O) groups is 2. The first-order valence-corrected chi connectivity index (χ1v) is 13.4. The molecule has 0 atom stereocenters. The van der Waals surface area contributed by atoms with Crippen LogP contribution >= 0.6 is 11.6 Å². The van der Waals surface area contributed by atoms with E-state index in [9.17, 15) is 18.0 Å². The molecule has 0 saturated carbocycles. The van der Waals surface area contributed by atoms with Crippen molar-refractivity contribution < 1.29 is 22.7 Å². The summed E-state index contributed by atoms with van der Waals surface area (Å²) in [7, 11) is -0.471. The lowest BCUT2D eigenvalue weighted by atomic mass is 10.0. The summed E-state index contributed by atoms with van der Waals surface area (Å²) in [6, 6.07) is 4.54. The number of sulfone groups is 1. The number of hydrogen-bond donors (Lipinski definition) is 0. The average molecular weight is 545 g/mol. The maximum atomic E-state index is 13.6. The molecule has 0 aliphatic carbocycles. The fraction of sp³-hybridized carbons (Fsp3) is 0.292. The van der Waals surface area contributed by atoms with Gasteiger partial charge < -0.3 is 4.74 Å². The van der Waals surface area contributed by atoms with Gasteiger partial charge in [0.2, 0.25) is 11.7 Å². The molecule has 1 aromatic carbocycles. The van der Waals surface area contributed by atoms with Crippen molar-refractivity contribution in [1.29, 1.82) is 0 Å². The van der Waals surface area contributed by atoms with Gasteiger partial charge in [0, 0.05) is 43.4 Å². The van der Waals surface area contributed by atoms with E-state index in [2.05, 4.69) is 15.3 Å². The lowest BCUT2D eigenvalue weighted by Crippen LogP contribution is -2.15. The molecule has 0 N–H and O–H groups in total. The van der Waals surface area contributed by atoms with E-state index in [4.69, 9.17) is 16.3 Å². The van der Waals surface area contributed by atoms with Gasteiger partial charge in [-0.3, -0.25) is 14.2 Å². The second-order valence-electron chi connectivity index (χ2n) is 8.77. The third kappa shape index (κ3) is 5.07. The van der Waals surface area contributed by atoms with Crippen LogP contribution in [0.15, 0.2) is 35.5 Å². The fourth-order valence-electron chi connectivity index (χ4n) is 4.05. The van der Waals surface area contributed by atoms with Crippen molar-refractivity contribution >= 4 is 33.2 Å². The second kappa shape index (κ2) is 9.60. The molecule has 194 valence electrons. The minimum Gasteiger partial charge on any atom is -0.403 e. The van der Waals surface area contributed by atoms with Crippen molar-refractivity contribution in [1.82, 2.24) is 29.3 Å². The minimum absolute atomic E-state index is 0.00788. The van der Waals surface area contributed by atoms with Crippen LogP contribution in [0.5, 0.6) is 5.88 Å². The average Bonchev–Trinajstić information content (AvgIpc) is 3.44. The Morgan fingerprint density at radius 1 is 1.05 bits per heavy atom. The number of hydrogen-bond acceptors (Lipinski definition) is 8. The van der Waals surface area contributed by atoms with Crippen LogP contribution in [0.4, 0.5) is 0 Å². The molecule has 3 heterocycles. The number of halogens is 1. The normalized spacial score (nSPS) is 11.6. The van der Waals surface area contributed by atoms with Crippen molar-refractivity contribution in [3.05, 3.63) is 75.0 Å². The van der Waals surface area contributed by atoms with E-state index in [0.717, 1.165) is 17.6 Å². The van der Waals surface area contributed by atoms with E-state index in [0.29, 0.717) is 5.69 Å². The van der Waals surface area contributed by atoms with Crippen LogP contribution in [-0.2, 0) is 30.5 Å². The quantitative estimate of drug-likeness (QED) is 0.256. The molecule has 0 aliphatic rings. The number of carbonyl (C=O) groups excluding carboxylic acids is 2. The van der Waals surface area contributed by atoms with Gasteiger partial charge in [-0.05, 0) is 39.0 Å².